The van der Waals surface area contributed by atoms with Gasteiger partial charge < -0.3 is 5.73 Å². The molecule has 0 amide bonds. The summed E-state index contributed by atoms with van der Waals surface area (Å²) in [4.78, 5) is 0.719. The van der Waals surface area contributed by atoms with Crippen molar-refractivity contribution in [2.75, 3.05) is 5.75 Å². The van der Waals surface area contributed by atoms with Crippen LogP contribution in [-0.2, 0) is 0 Å². The molecule has 1 aromatic rings. The maximum atomic E-state index is 13.5. The molecule has 1 aromatic carbocycles. The summed E-state index contributed by atoms with van der Waals surface area (Å²) in [6, 6.07) is 5.14. The first-order valence-electron chi connectivity index (χ1n) is 4.83. The van der Waals surface area contributed by atoms with E-state index in [0.717, 1.165) is 22.6 Å². The van der Waals surface area contributed by atoms with Crippen LogP contribution in [0.2, 0.25) is 0 Å². The van der Waals surface area contributed by atoms with E-state index in [-0.39, 0.29) is 11.9 Å². The molecule has 0 aliphatic carbocycles. The number of benzene rings is 1. The van der Waals surface area contributed by atoms with Crippen molar-refractivity contribution in [3.63, 3.8) is 0 Å². The van der Waals surface area contributed by atoms with Gasteiger partial charge in [-0.3, -0.25) is 0 Å². The highest BCUT2D eigenvalue weighted by Gasteiger charge is 2.05. The summed E-state index contributed by atoms with van der Waals surface area (Å²) in [7, 11) is 0. The van der Waals surface area contributed by atoms with Crippen molar-refractivity contribution in [1.29, 1.82) is 0 Å². The fourth-order valence-corrected chi connectivity index (χ4v) is 1.91. The molecule has 1 rings (SSSR count). The van der Waals surface area contributed by atoms with Crippen molar-refractivity contribution in [3.05, 3.63) is 29.6 Å². The minimum atomic E-state index is -0.154. The molecule has 2 N–H and O–H groups in total. The Kier molecular flexibility index (Phi) is 4.42. The van der Waals surface area contributed by atoms with Crippen molar-refractivity contribution in [1.82, 2.24) is 0 Å². The predicted molar refractivity (Wildman–Crippen MR) is 60.0 cm³/mol. The largest absolute Gasteiger partial charge is 0.324 e. The molecule has 0 bridgehead atoms. The highest BCUT2D eigenvalue weighted by Crippen LogP contribution is 2.24. The number of hydrogen-bond acceptors (Lipinski definition) is 2. The molecule has 0 radical (unpaired) electrons. The third-order valence-corrected chi connectivity index (χ3v) is 3.20. The number of rotatable bonds is 4. The van der Waals surface area contributed by atoms with Gasteiger partial charge in [0.1, 0.15) is 5.82 Å². The Labute approximate surface area is 88.9 Å². The van der Waals surface area contributed by atoms with Crippen LogP contribution >= 0.6 is 11.8 Å². The van der Waals surface area contributed by atoms with Crippen molar-refractivity contribution in [2.24, 2.45) is 5.73 Å². The summed E-state index contributed by atoms with van der Waals surface area (Å²) in [6.45, 7) is 3.94. The highest BCUT2D eigenvalue weighted by atomic mass is 32.2. The van der Waals surface area contributed by atoms with Gasteiger partial charge in [0.2, 0.25) is 0 Å². The van der Waals surface area contributed by atoms with E-state index in [1.807, 2.05) is 19.1 Å². The quantitative estimate of drug-likeness (QED) is 0.776. The van der Waals surface area contributed by atoms with Gasteiger partial charge >= 0.3 is 0 Å². The zero-order valence-electron chi connectivity index (χ0n) is 8.59. The van der Waals surface area contributed by atoms with Crippen molar-refractivity contribution in [3.8, 4) is 0 Å². The normalized spacial score (nSPS) is 12.9. The lowest BCUT2D eigenvalue weighted by Crippen LogP contribution is -2.05. The van der Waals surface area contributed by atoms with Crippen LogP contribution in [0.4, 0.5) is 4.39 Å². The second kappa shape index (κ2) is 5.37. The summed E-state index contributed by atoms with van der Waals surface area (Å²) in [5, 5.41) is 0. The van der Waals surface area contributed by atoms with Gasteiger partial charge in [0.25, 0.3) is 0 Å². The van der Waals surface area contributed by atoms with Crippen LogP contribution in [0.15, 0.2) is 23.1 Å². The lowest BCUT2D eigenvalue weighted by atomic mass is 10.1. The Balaban J connectivity index is 2.79. The van der Waals surface area contributed by atoms with Gasteiger partial charge in [0.05, 0.1) is 0 Å². The van der Waals surface area contributed by atoms with Gasteiger partial charge in [-0.05, 0) is 36.8 Å². The number of thioether (sulfide) groups is 1. The molecular weight excluding hydrogens is 197 g/mol. The first-order valence-corrected chi connectivity index (χ1v) is 5.81. The predicted octanol–water partition coefficient (Wildman–Crippen LogP) is 3.35. The van der Waals surface area contributed by atoms with Gasteiger partial charge in [-0.15, -0.1) is 11.8 Å². The Morgan fingerprint density at radius 3 is 2.71 bits per heavy atom. The van der Waals surface area contributed by atoms with Crippen molar-refractivity contribution >= 4 is 11.8 Å². The molecular formula is C11H16FNS. The molecule has 0 aliphatic heterocycles. The highest BCUT2D eigenvalue weighted by molar-refractivity contribution is 7.99. The van der Waals surface area contributed by atoms with Crippen molar-refractivity contribution < 1.29 is 4.39 Å². The Morgan fingerprint density at radius 1 is 1.50 bits per heavy atom. The molecule has 14 heavy (non-hydrogen) atoms. The zero-order chi connectivity index (χ0) is 10.6. The van der Waals surface area contributed by atoms with E-state index in [9.17, 15) is 4.39 Å². The Morgan fingerprint density at radius 2 is 2.21 bits per heavy atom. The summed E-state index contributed by atoms with van der Waals surface area (Å²) >= 11 is 1.55. The molecule has 0 aromatic heterocycles. The first kappa shape index (κ1) is 11.5. The summed E-state index contributed by atoms with van der Waals surface area (Å²) in [5.74, 6) is 0.798. The van der Waals surface area contributed by atoms with Crippen LogP contribution in [0.25, 0.3) is 0 Å². The zero-order valence-corrected chi connectivity index (χ0v) is 9.40. The second-order valence-corrected chi connectivity index (χ2v) is 4.46. The van der Waals surface area contributed by atoms with Gasteiger partial charge in [-0.1, -0.05) is 13.0 Å². The monoisotopic (exact) mass is 213 g/mol. The fourth-order valence-electron chi connectivity index (χ4n) is 1.13. The third kappa shape index (κ3) is 3.00. The summed E-state index contributed by atoms with van der Waals surface area (Å²) in [6.07, 6.45) is 1.05. The number of hydrogen-bond donors (Lipinski definition) is 1. The molecule has 1 atom stereocenters. The SMILES string of the molecule is CCCSc1ccc(C(C)N)cc1F. The lowest BCUT2D eigenvalue weighted by molar-refractivity contribution is 0.596. The molecule has 78 valence electrons. The summed E-state index contributed by atoms with van der Waals surface area (Å²) in [5.41, 5.74) is 6.51. The molecule has 0 saturated heterocycles. The summed E-state index contributed by atoms with van der Waals surface area (Å²) < 4.78 is 13.5. The van der Waals surface area contributed by atoms with Gasteiger partial charge in [-0.2, -0.15) is 0 Å². The van der Waals surface area contributed by atoms with E-state index in [1.165, 1.54) is 6.07 Å². The molecule has 1 unspecified atom stereocenters. The molecule has 1 nitrogen and oxygen atoms in total. The standard InChI is InChI=1S/C11H16FNS/c1-3-6-14-11-5-4-9(8(2)13)7-10(11)12/h4-5,7-8H,3,6,13H2,1-2H3. The average Bonchev–Trinajstić information content (AvgIpc) is 2.15. The lowest BCUT2D eigenvalue weighted by Gasteiger charge is -2.07. The third-order valence-electron chi connectivity index (χ3n) is 1.94. The molecule has 0 heterocycles. The van der Waals surface area contributed by atoms with Crippen LogP contribution in [-0.4, -0.2) is 5.75 Å². The molecule has 0 aliphatic rings. The number of halogens is 1. The fraction of sp³-hybridized carbons (Fsp3) is 0.455. The Bertz CT molecular complexity index is 299. The molecule has 3 heteroatoms. The van der Waals surface area contributed by atoms with Gasteiger partial charge in [0.15, 0.2) is 0 Å². The van der Waals surface area contributed by atoms with Gasteiger partial charge in [-0.25, -0.2) is 4.39 Å². The van der Waals surface area contributed by atoms with Crippen LogP contribution < -0.4 is 5.73 Å². The maximum Gasteiger partial charge on any atom is 0.137 e. The minimum Gasteiger partial charge on any atom is -0.324 e. The van der Waals surface area contributed by atoms with Crippen LogP contribution in [0.1, 0.15) is 31.9 Å². The molecule has 0 saturated carbocycles. The smallest absolute Gasteiger partial charge is 0.137 e. The number of nitrogens with two attached hydrogens (primary N) is 1. The topological polar surface area (TPSA) is 26.0 Å². The van der Waals surface area contributed by atoms with Crippen LogP contribution in [0.3, 0.4) is 0 Å². The Hall–Kier alpha value is -0.540. The minimum absolute atomic E-state index is 0.102. The maximum absolute atomic E-state index is 13.5. The second-order valence-electron chi connectivity index (χ2n) is 3.33. The average molecular weight is 213 g/mol. The van der Waals surface area contributed by atoms with E-state index < -0.39 is 0 Å². The molecule has 0 fully saturated rings. The first-order chi connectivity index (χ1) is 6.65. The van der Waals surface area contributed by atoms with E-state index >= 15 is 0 Å². The van der Waals surface area contributed by atoms with E-state index in [4.69, 9.17) is 5.73 Å². The molecule has 0 spiro atoms. The van der Waals surface area contributed by atoms with Gasteiger partial charge in [0, 0.05) is 10.9 Å². The van der Waals surface area contributed by atoms with E-state index in [1.54, 1.807) is 11.8 Å². The van der Waals surface area contributed by atoms with Crippen molar-refractivity contribution in [2.45, 2.75) is 31.2 Å². The van der Waals surface area contributed by atoms with E-state index in [0.29, 0.717) is 0 Å². The van der Waals surface area contributed by atoms with Crippen LogP contribution in [0, 0.1) is 5.82 Å². The van der Waals surface area contributed by atoms with Crippen LogP contribution in [0.5, 0.6) is 0 Å². The van der Waals surface area contributed by atoms with E-state index in [2.05, 4.69) is 6.92 Å².